The molecule has 0 atom stereocenters. The Bertz CT molecular complexity index is 884. The molecule has 0 amide bonds. The van der Waals surface area contributed by atoms with Gasteiger partial charge in [-0.25, -0.2) is 9.59 Å². The van der Waals surface area contributed by atoms with Gasteiger partial charge in [0.1, 0.15) is 12.5 Å². The number of quaternary nitrogens is 1. The molecule has 1 aromatic carbocycles. The van der Waals surface area contributed by atoms with Gasteiger partial charge >= 0.3 is 18.1 Å². The van der Waals surface area contributed by atoms with Gasteiger partial charge in [-0.3, -0.25) is 0 Å². The third kappa shape index (κ3) is 9.03. The van der Waals surface area contributed by atoms with Gasteiger partial charge in [0.15, 0.2) is 19.4 Å². The quantitative estimate of drug-likeness (QED) is 0.346. The van der Waals surface area contributed by atoms with E-state index in [4.69, 9.17) is 20.1 Å². The number of halogens is 4. The summed E-state index contributed by atoms with van der Waals surface area (Å²) in [7, 11) is 0. The van der Waals surface area contributed by atoms with Gasteiger partial charge in [-0.2, -0.15) is 13.2 Å². The van der Waals surface area contributed by atoms with Crippen LogP contribution in [0.1, 0.15) is 5.56 Å². The standard InChI is InChI=1S/C13H12IN5O4.C2HF3O2/c14-10-3-8(13-17-15-7-16-18-13)1-2-9(10)4-19(5-11(20)21)6-12(22)23;3-2(4,5)1(6)7/h1-3,7H,4-6H2,(H,20,21)(H,22,23);(H,6,7). The van der Waals surface area contributed by atoms with Crippen LogP contribution in [0.5, 0.6) is 0 Å². The van der Waals surface area contributed by atoms with Gasteiger partial charge in [0, 0.05) is 14.7 Å². The van der Waals surface area contributed by atoms with Gasteiger partial charge in [0.2, 0.25) is 5.82 Å². The van der Waals surface area contributed by atoms with E-state index in [1.165, 1.54) is 6.33 Å². The summed E-state index contributed by atoms with van der Waals surface area (Å²) >= 11 is 2.11. The molecule has 0 radical (unpaired) electrons. The highest BCUT2D eigenvalue weighted by molar-refractivity contribution is 14.1. The normalized spacial score (nSPS) is 10.8. The Labute approximate surface area is 179 Å². The van der Waals surface area contributed by atoms with Crippen LogP contribution in [0.25, 0.3) is 11.4 Å². The van der Waals surface area contributed by atoms with E-state index in [2.05, 4.69) is 43.0 Å². The summed E-state index contributed by atoms with van der Waals surface area (Å²) in [6.07, 6.45) is -3.96. The van der Waals surface area contributed by atoms with E-state index in [-0.39, 0.29) is 13.1 Å². The molecule has 0 spiro atoms. The van der Waals surface area contributed by atoms with E-state index >= 15 is 0 Å². The van der Waals surface area contributed by atoms with Gasteiger partial charge < -0.3 is 25.0 Å². The molecule has 0 aliphatic heterocycles. The fourth-order valence-electron chi connectivity index (χ4n) is 2.03. The molecular weight excluding hydrogens is 530 g/mol. The molecule has 1 heterocycles. The zero-order valence-corrected chi connectivity index (χ0v) is 16.9. The number of carboxylic acid groups (broad SMARTS) is 3. The minimum absolute atomic E-state index is 0.264. The maximum Gasteiger partial charge on any atom is 0.430 e. The van der Waals surface area contributed by atoms with Crippen LogP contribution in [0, 0.1) is 3.57 Å². The van der Waals surface area contributed by atoms with Gasteiger partial charge in [0.25, 0.3) is 0 Å². The predicted octanol–water partition coefficient (Wildman–Crippen LogP) is -1.61. The van der Waals surface area contributed by atoms with E-state index in [1.807, 2.05) is 6.07 Å². The maximum absolute atomic E-state index is 10.9. The highest BCUT2D eigenvalue weighted by Crippen LogP contribution is 2.19. The second-order valence-corrected chi connectivity index (χ2v) is 6.69. The molecule has 0 fully saturated rings. The molecule has 0 aliphatic rings. The van der Waals surface area contributed by atoms with E-state index in [0.717, 1.165) is 14.7 Å². The van der Waals surface area contributed by atoms with E-state index in [0.29, 0.717) is 17.3 Å². The Hall–Kier alpha value is -2.95. The van der Waals surface area contributed by atoms with Crippen LogP contribution in [-0.4, -0.2) is 67.8 Å². The Balaban J connectivity index is 0.000000553. The molecule has 2 rings (SSSR count). The lowest BCUT2D eigenvalue weighted by molar-refractivity contribution is -0.899. The van der Waals surface area contributed by atoms with Gasteiger partial charge in [-0.05, 0) is 28.7 Å². The van der Waals surface area contributed by atoms with Crippen molar-refractivity contribution in [3.63, 3.8) is 0 Å². The van der Waals surface area contributed by atoms with Crippen LogP contribution in [0.4, 0.5) is 13.2 Å². The van der Waals surface area contributed by atoms with Crippen LogP contribution in [0.15, 0.2) is 24.5 Å². The van der Waals surface area contributed by atoms with Gasteiger partial charge in [0.05, 0.1) is 0 Å². The molecule has 1 aromatic heterocycles. The average Bonchev–Trinajstić information content (AvgIpc) is 2.62. The second kappa shape index (κ2) is 11.3. The summed E-state index contributed by atoms with van der Waals surface area (Å²) in [6.45, 7) is -0.233. The maximum atomic E-state index is 10.9. The summed E-state index contributed by atoms with van der Waals surface area (Å²) in [5.41, 5.74) is 1.58. The lowest BCUT2D eigenvalue weighted by Gasteiger charge is -2.16. The first-order chi connectivity index (χ1) is 13.9. The monoisotopic (exact) mass is 543 g/mol. The third-order valence-electron chi connectivity index (χ3n) is 3.19. The van der Waals surface area contributed by atoms with E-state index in [1.54, 1.807) is 12.1 Å². The number of carboxylic acids is 3. The first-order valence-corrected chi connectivity index (χ1v) is 8.82. The number of rotatable bonds is 7. The van der Waals surface area contributed by atoms with Crippen molar-refractivity contribution in [2.45, 2.75) is 12.7 Å². The molecule has 162 valence electrons. The molecule has 11 nitrogen and oxygen atoms in total. The van der Waals surface area contributed by atoms with Crippen molar-refractivity contribution < 1.29 is 47.8 Å². The average molecular weight is 543 g/mol. The topological polar surface area (TPSA) is 171 Å². The van der Waals surface area contributed by atoms with Crippen molar-refractivity contribution in [3.05, 3.63) is 33.7 Å². The number of carbonyl (C=O) groups is 3. The minimum atomic E-state index is -5.19. The molecule has 0 unspecified atom stereocenters. The number of hydrogen-bond donors (Lipinski definition) is 3. The van der Waals surface area contributed by atoms with E-state index in [9.17, 15) is 22.8 Å². The minimum Gasteiger partial charge on any atom is -0.542 e. The van der Waals surface area contributed by atoms with Crippen molar-refractivity contribution in [1.82, 2.24) is 20.4 Å². The third-order valence-corrected chi connectivity index (χ3v) is 4.20. The van der Waals surface area contributed by atoms with Crippen molar-refractivity contribution in [2.75, 3.05) is 13.1 Å². The molecule has 3 N–H and O–H groups in total. The molecule has 0 bridgehead atoms. The van der Waals surface area contributed by atoms with Crippen LogP contribution >= 0.6 is 22.6 Å². The Morgan fingerprint density at radius 3 is 1.97 bits per heavy atom. The predicted molar refractivity (Wildman–Crippen MR) is 96.5 cm³/mol. The summed E-state index contributed by atoms with van der Waals surface area (Å²) in [6, 6.07) is 5.40. The van der Waals surface area contributed by atoms with Gasteiger partial charge in [-0.1, -0.05) is 12.1 Å². The number of aromatic nitrogens is 4. The number of carbonyl (C=O) groups excluding carboxylic acids is 1. The first-order valence-electron chi connectivity index (χ1n) is 7.74. The highest BCUT2D eigenvalue weighted by atomic mass is 127. The number of benzene rings is 1. The fraction of sp³-hybridized carbons (Fsp3) is 0.267. The lowest BCUT2D eigenvalue weighted by Crippen LogP contribution is -3.12. The fourth-order valence-corrected chi connectivity index (χ4v) is 2.74. The number of hydrogen-bond acceptors (Lipinski definition) is 8. The van der Waals surface area contributed by atoms with Crippen LogP contribution in [0.2, 0.25) is 0 Å². The second-order valence-electron chi connectivity index (χ2n) is 5.53. The molecule has 15 heteroatoms. The molecule has 0 aliphatic carbocycles. The molecule has 30 heavy (non-hydrogen) atoms. The van der Waals surface area contributed by atoms with Crippen molar-refractivity contribution >= 4 is 40.5 Å². The summed E-state index contributed by atoms with van der Waals surface area (Å²) in [4.78, 5) is 30.9. The van der Waals surface area contributed by atoms with Crippen molar-refractivity contribution in [2.24, 2.45) is 0 Å². The molecule has 0 saturated heterocycles. The van der Waals surface area contributed by atoms with Crippen LogP contribution in [-0.2, 0) is 20.9 Å². The molecular formula is C15H13F3IN5O6. The lowest BCUT2D eigenvalue weighted by atomic mass is 10.1. The zero-order valence-electron chi connectivity index (χ0n) is 14.8. The first kappa shape index (κ1) is 25.1. The summed E-state index contributed by atoms with van der Waals surface area (Å²) < 4.78 is 32.4. The number of nitrogens with zero attached hydrogens (tertiary/aromatic N) is 4. The Kier molecular flexibility index (Phi) is 9.44. The largest absolute Gasteiger partial charge is 0.542 e. The van der Waals surface area contributed by atoms with Crippen LogP contribution in [0.3, 0.4) is 0 Å². The Morgan fingerprint density at radius 2 is 1.57 bits per heavy atom. The number of nitrogens with one attached hydrogen (secondary N) is 1. The molecule has 0 saturated carbocycles. The van der Waals surface area contributed by atoms with Crippen molar-refractivity contribution in [1.29, 1.82) is 0 Å². The summed E-state index contributed by atoms with van der Waals surface area (Å²) in [5, 5.41) is 41.6. The number of aliphatic carboxylic acids is 3. The van der Waals surface area contributed by atoms with Gasteiger partial charge in [-0.15, -0.1) is 20.4 Å². The SMILES string of the molecule is O=C(O)C[NH+](CC(=O)O)Cc1ccc(-c2nncnn2)cc1I.O=C([O-])C(F)(F)F. The summed E-state index contributed by atoms with van der Waals surface area (Å²) in [5.74, 6) is -4.70. The zero-order chi connectivity index (χ0) is 22.9. The van der Waals surface area contributed by atoms with E-state index < -0.39 is 24.1 Å². The molecule has 2 aromatic rings. The van der Waals surface area contributed by atoms with Crippen LogP contribution < -0.4 is 10.0 Å². The highest BCUT2D eigenvalue weighted by Gasteiger charge is 2.28. The van der Waals surface area contributed by atoms with Crippen molar-refractivity contribution in [3.8, 4) is 11.4 Å². The smallest absolute Gasteiger partial charge is 0.430 e. The Morgan fingerprint density at radius 1 is 1.07 bits per heavy atom. The number of alkyl halides is 3.